The van der Waals surface area contributed by atoms with Gasteiger partial charge in [-0.3, -0.25) is 4.79 Å². The molecule has 2 bridgehead atoms. The number of nitrogens with two attached hydrogens (primary N) is 1. The molecule has 2 heterocycles. The van der Waals surface area contributed by atoms with E-state index >= 15 is 0 Å². The van der Waals surface area contributed by atoms with E-state index in [-0.39, 0.29) is 11.8 Å². The summed E-state index contributed by atoms with van der Waals surface area (Å²) in [5.41, 5.74) is 5.86. The summed E-state index contributed by atoms with van der Waals surface area (Å²) >= 11 is 6.19. The minimum Gasteiger partial charge on any atom is -0.370 e. The number of fused-ring (bicyclic) bond motifs is 2. The van der Waals surface area contributed by atoms with Crippen molar-refractivity contribution in [3.05, 3.63) is 29.3 Å². The second-order valence-corrected chi connectivity index (χ2v) is 5.88. The molecule has 0 aromatic heterocycles. The monoisotopic (exact) mass is 279 g/mol. The molecule has 2 saturated heterocycles. The van der Waals surface area contributed by atoms with Crippen molar-refractivity contribution in [1.29, 1.82) is 0 Å². The lowest BCUT2D eigenvalue weighted by Crippen LogP contribution is -2.60. The summed E-state index contributed by atoms with van der Waals surface area (Å²) < 4.78 is 0. The first-order chi connectivity index (χ1) is 9.12. The van der Waals surface area contributed by atoms with Crippen molar-refractivity contribution in [2.45, 2.75) is 18.4 Å². The highest BCUT2D eigenvalue weighted by Crippen LogP contribution is 2.39. The van der Waals surface area contributed by atoms with Crippen molar-refractivity contribution in [2.24, 2.45) is 11.7 Å². The number of benzene rings is 1. The number of primary amides is 1. The quantitative estimate of drug-likeness (QED) is 0.885. The Kier molecular flexibility index (Phi) is 3.15. The van der Waals surface area contributed by atoms with Crippen LogP contribution in [0.3, 0.4) is 0 Å². The molecule has 4 nitrogen and oxygen atoms in total. The molecule has 19 heavy (non-hydrogen) atoms. The van der Waals surface area contributed by atoms with Gasteiger partial charge >= 0.3 is 0 Å². The van der Waals surface area contributed by atoms with E-state index in [0.29, 0.717) is 5.02 Å². The van der Waals surface area contributed by atoms with Crippen molar-refractivity contribution < 1.29 is 4.79 Å². The van der Waals surface area contributed by atoms with E-state index in [1.807, 2.05) is 24.3 Å². The third-order valence-electron chi connectivity index (χ3n) is 4.46. The molecule has 0 saturated carbocycles. The van der Waals surface area contributed by atoms with E-state index in [9.17, 15) is 4.79 Å². The Labute approximate surface area is 117 Å². The second-order valence-electron chi connectivity index (χ2n) is 5.48. The smallest absolute Gasteiger partial charge is 0.243 e. The summed E-state index contributed by atoms with van der Waals surface area (Å²) in [6.45, 7) is 2.92. The van der Waals surface area contributed by atoms with Gasteiger partial charge in [0.15, 0.2) is 0 Å². The predicted octanol–water partition coefficient (Wildman–Crippen LogP) is 1.70. The molecule has 1 aromatic rings. The van der Waals surface area contributed by atoms with Crippen LogP contribution in [0.2, 0.25) is 5.02 Å². The number of rotatable bonds is 3. The maximum Gasteiger partial charge on any atom is 0.243 e. The lowest BCUT2D eigenvalue weighted by atomic mass is 9.78. The largest absolute Gasteiger partial charge is 0.370 e. The van der Waals surface area contributed by atoms with Gasteiger partial charge in [-0.05, 0) is 31.5 Å². The van der Waals surface area contributed by atoms with Gasteiger partial charge in [0.25, 0.3) is 0 Å². The molecule has 2 fully saturated rings. The topological polar surface area (TPSA) is 58.4 Å². The Hall–Kier alpha value is -1.26. The average Bonchev–Trinajstić information content (AvgIpc) is 2.79. The van der Waals surface area contributed by atoms with Crippen molar-refractivity contribution in [3.63, 3.8) is 0 Å². The summed E-state index contributed by atoms with van der Waals surface area (Å²) in [5.74, 6) is 0.00833. The number of piperidine rings is 1. The number of para-hydroxylation sites is 1. The van der Waals surface area contributed by atoms with Gasteiger partial charge in [0, 0.05) is 19.0 Å². The summed E-state index contributed by atoms with van der Waals surface area (Å²) in [5, 5.41) is 3.98. The molecule has 3 rings (SSSR count). The number of halogens is 1. The Morgan fingerprint density at radius 2 is 2.21 bits per heavy atom. The number of hydrogen-bond acceptors (Lipinski definition) is 3. The minimum atomic E-state index is -0.655. The average molecular weight is 280 g/mol. The number of amides is 1. The molecular weight excluding hydrogens is 262 g/mol. The van der Waals surface area contributed by atoms with Crippen LogP contribution in [-0.4, -0.2) is 36.0 Å². The van der Waals surface area contributed by atoms with Gasteiger partial charge in [0.05, 0.1) is 10.7 Å². The van der Waals surface area contributed by atoms with Gasteiger partial charge in [-0.15, -0.1) is 0 Å². The van der Waals surface area contributed by atoms with Gasteiger partial charge in [-0.1, -0.05) is 23.7 Å². The maximum atomic E-state index is 12.1. The SMILES string of the molecule is NC(=O)C1(Nc2ccccc2Cl)CCN2CCC1C2. The third kappa shape index (κ3) is 2.09. The molecule has 3 unspecified atom stereocenters. The van der Waals surface area contributed by atoms with Gasteiger partial charge in [-0.2, -0.15) is 0 Å². The molecule has 1 aromatic carbocycles. The van der Waals surface area contributed by atoms with Crippen LogP contribution in [0.15, 0.2) is 24.3 Å². The first-order valence-corrected chi connectivity index (χ1v) is 7.04. The summed E-state index contributed by atoms with van der Waals surface area (Å²) in [7, 11) is 0. The highest BCUT2D eigenvalue weighted by atomic mass is 35.5. The molecule has 0 radical (unpaired) electrons. The van der Waals surface area contributed by atoms with Crippen molar-refractivity contribution in [1.82, 2.24) is 4.90 Å². The van der Waals surface area contributed by atoms with Crippen LogP contribution in [0.4, 0.5) is 5.69 Å². The first-order valence-electron chi connectivity index (χ1n) is 6.67. The Morgan fingerprint density at radius 3 is 2.95 bits per heavy atom. The molecule has 2 aliphatic heterocycles. The fraction of sp³-hybridized carbons (Fsp3) is 0.500. The number of nitrogens with one attached hydrogen (secondary N) is 1. The molecule has 5 heteroatoms. The van der Waals surface area contributed by atoms with Crippen LogP contribution in [-0.2, 0) is 4.79 Å². The number of carbonyl (C=O) groups is 1. The fourth-order valence-corrected chi connectivity index (χ4v) is 3.51. The van der Waals surface area contributed by atoms with Gasteiger partial charge in [0.1, 0.15) is 5.54 Å². The standard InChI is InChI=1S/C14H18ClN3O/c15-11-3-1-2-4-12(11)17-14(13(16)19)6-8-18-7-5-10(14)9-18/h1-4,10,17H,5-9H2,(H2,16,19). The molecule has 102 valence electrons. The zero-order valence-corrected chi connectivity index (χ0v) is 11.5. The van der Waals surface area contributed by atoms with E-state index in [1.54, 1.807) is 0 Å². The van der Waals surface area contributed by atoms with E-state index in [1.165, 1.54) is 0 Å². The van der Waals surface area contributed by atoms with Gasteiger partial charge < -0.3 is 16.0 Å². The van der Waals surface area contributed by atoms with Crippen LogP contribution in [0.25, 0.3) is 0 Å². The Bertz CT molecular complexity index is 507. The van der Waals surface area contributed by atoms with E-state index in [2.05, 4.69) is 10.2 Å². The molecule has 3 N–H and O–H groups in total. The molecule has 0 spiro atoms. The molecule has 1 amide bonds. The Balaban J connectivity index is 1.93. The van der Waals surface area contributed by atoms with Crippen molar-refractivity contribution >= 4 is 23.2 Å². The van der Waals surface area contributed by atoms with Crippen LogP contribution in [0.1, 0.15) is 12.8 Å². The lowest BCUT2D eigenvalue weighted by molar-refractivity contribution is -0.125. The number of carbonyl (C=O) groups excluding carboxylic acids is 1. The van der Waals surface area contributed by atoms with Crippen LogP contribution >= 0.6 is 11.6 Å². The van der Waals surface area contributed by atoms with Gasteiger partial charge in [0.2, 0.25) is 5.91 Å². The zero-order valence-electron chi connectivity index (χ0n) is 10.7. The van der Waals surface area contributed by atoms with E-state index < -0.39 is 5.54 Å². The fourth-order valence-electron chi connectivity index (χ4n) is 3.33. The van der Waals surface area contributed by atoms with Gasteiger partial charge in [-0.25, -0.2) is 0 Å². The highest BCUT2D eigenvalue weighted by Gasteiger charge is 2.50. The van der Waals surface area contributed by atoms with Crippen molar-refractivity contribution in [2.75, 3.05) is 25.0 Å². The van der Waals surface area contributed by atoms with E-state index in [4.69, 9.17) is 17.3 Å². The van der Waals surface area contributed by atoms with Crippen molar-refractivity contribution in [3.8, 4) is 0 Å². The second kappa shape index (κ2) is 4.69. The first kappa shape index (κ1) is 12.8. The molecule has 2 aliphatic rings. The number of nitrogens with zero attached hydrogens (tertiary/aromatic N) is 1. The predicted molar refractivity (Wildman–Crippen MR) is 76.2 cm³/mol. The lowest BCUT2D eigenvalue weighted by Gasteiger charge is -2.41. The summed E-state index contributed by atoms with van der Waals surface area (Å²) in [6, 6.07) is 7.51. The van der Waals surface area contributed by atoms with E-state index in [0.717, 1.165) is 38.2 Å². The van der Waals surface area contributed by atoms with Crippen LogP contribution in [0.5, 0.6) is 0 Å². The van der Waals surface area contributed by atoms with Crippen LogP contribution < -0.4 is 11.1 Å². The third-order valence-corrected chi connectivity index (χ3v) is 4.79. The molecular formula is C14H18ClN3O. The highest BCUT2D eigenvalue weighted by molar-refractivity contribution is 6.33. The normalized spacial score (nSPS) is 33.1. The maximum absolute atomic E-state index is 12.1. The Morgan fingerprint density at radius 1 is 1.42 bits per heavy atom. The molecule has 3 atom stereocenters. The zero-order chi connectivity index (χ0) is 13.5. The number of anilines is 1. The molecule has 0 aliphatic carbocycles. The number of hydrogen-bond donors (Lipinski definition) is 2. The summed E-state index contributed by atoms with van der Waals surface area (Å²) in [4.78, 5) is 14.5. The minimum absolute atomic E-state index is 0.265. The summed E-state index contributed by atoms with van der Waals surface area (Å²) in [6.07, 6.45) is 1.76. The van der Waals surface area contributed by atoms with Crippen LogP contribution in [0, 0.1) is 5.92 Å².